The Balaban J connectivity index is 2.08. The second-order valence-corrected chi connectivity index (χ2v) is 8.01. The van der Waals surface area contributed by atoms with Crippen LogP contribution >= 0.6 is 0 Å². The van der Waals surface area contributed by atoms with E-state index in [0.717, 1.165) is 5.56 Å². The van der Waals surface area contributed by atoms with Gasteiger partial charge in [-0.1, -0.05) is 30.3 Å². The van der Waals surface area contributed by atoms with E-state index in [-0.39, 0.29) is 5.91 Å². The third-order valence-electron chi connectivity index (χ3n) is 5.80. The number of benzene rings is 1. The minimum absolute atomic E-state index is 0.147. The van der Waals surface area contributed by atoms with E-state index < -0.39 is 35.7 Å². The number of carbonyl (C=O) groups excluding carboxylic acids is 4. The number of Topliss-reactive ketones (excluding diaryl/α,β-unsaturated/α-hetero) is 1. The fraction of sp³-hybridized carbons (Fsp3) is 0.565. The predicted molar refractivity (Wildman–Crippen MR) is 122 cm³/mol. The molecule has 1 heterocycles. The van der Waals surface area contributed by atoms with Crippen LogP contribution in [0.5, 0.6) is 0 Å². The average Bonchev–Trinajstić information content (AvgIpc) is 3.31. The maximum absolute atomic E-state index is 13.2. The average molecular weight is 446 g/mol. The van der Waals surface area contributed by atoms with Gasteiger partial charge < -0.3 is 26.6 Å². The molecule has 32 heavy (non-hydrogen) atoms. The zero-order valence-corrected chi connectivity index (χ0v) is 18.9. The molecule has 3 atom stereocenters. The highest BCUT2D eigenvalue weighted by atomic mass is 16.2. The number of amides is 3. The number of likely N-dealkylation sites (tertiary alicyclic amines) is 1. The normalized spacial score (nSPS) is 17.5. The van der Waals surface area contributed by atoms with Crippen LogP contribution in [0.2, 0.25) is 0 Å². The molecule has 0 aromatic heterocycles. The van der Waals surface area contributed by atoms with Crippen LogP contribution in [0.4, 0.5) is 0 Å². The smallest absolute Gasteiger partial charge is 0.289 e. The van der Waals surface area contributed by atoms with Gasteiger partial charge in [0.2, 0.25) is 17.6 Å². The Hall–Kier alpha value is -2.78. The molecule has 0 spiro atoms. The lowest BCUT2D eigenvalue weighted by Crippen LogP contribution is -2.55. The van der Waals surface area contributed by atoms with Gasteiger partial charge in [-0.15, -0.1) is 0 Å². The third kappa shape index (κ3) is 6.86. The predicted octanol–water partition coefficient (Wildman–Crippen LogP) is -0.263. The number of nitrogens with two attached hydrogens (primary N) is 1. The molecule has 1 fully saturated rings. The molecule has 3 amide bonds. The molecule has 176 valence electrons. The molecule has 0 saturated carbocycles. The van der Waals surface area contributed by atoms with Crippen LogP contribution in [0.25, 0.3) is 0 Å². The fourth-order valence-electron chi connectivity index (χ4n) is 3.98. The number of hydrogen-bond donors (Lipinski definition) is 4. The van der Waals surface area contributed by atoms with Crippen molar-refractivity contribution < 1.29 is 19.2 Å². The molecule has 1 aromatic rings. The molecule has 0 bridgehead atoms. The summed E-state index contributed by atoms with van der Waals surface area (Å²) in [5, 5.41) is 8.09. The largest absolute Gasteiger partial charge is 0.353 e. The minimum Gasteiger partial charge on any atom is -0.353 e. The maximum Gasteiger partial charge on any atom is 0.289 e. The summed E-state index contributed by atoms with van der Waals surface area (Å²) in [7, 11) is 3.10. The highest BCUT2D eigenvalue weighted by Gasteiger charge is 2.38. The van der Waals surface area contributed by atoms with Gasteiger partial charge in [0.1, 0.15) is 6.04 Å². The van der Waals surface area contributed by atoms with E-state index >= 15 is 0 Å². The lowest BCUT2D eigenvalue weighted by Gasteiger charge is -2.29. The summed E-state index contributed by atoms with van der Waals surface area (Å²) in [5.74, 6) is -1.99. The fourth-order valence-corrected chi connectivity index (χ4v) is 3.98. The molecule has 1 aliphatic heterocycles. The Morgan fingerprint density at radius 3 is 2.44 bits per heavy atom. The number of nitrogens with one attached hydrogen (secondary N) is 3. The van der Waals surface area contributed by atoms with E-state index in [0.29, 0.717) is 51.6 Å². The quantitative estimate of drug-likeness (QED) is 0.259. The summed E-state index contributed by atoms with van der Waals surface area (Å²) in [6, 6.07) is 7.63. The Bertz CT molecular complexity index is 786. The van der Waals surface area contributed by atoms with Crippen LogP contribution in [-0.4, -0.2) is 73.7 Å². The standard InChI is InChI=1S/C23H35N5O4/c1-25-18(15-16-9-4-3-5-10-16)23(32)28-14-8-12-19(28)21(30)27-17(11-6-7-13-24)20(29)22(31)26-2/h3-5,9-10,17-19,25H,6-8,11-15,24H2,1-2H3,(H,26,31)(H,27,30)/t17-,18-,19-/m0/s1. The van der Waals surface area contributed by atoms with Gasteiger partial charge in [-0.3, -0.25) is 19.2 Å². The van der Waals surface area contributed by atoms with Gasteiger partial charge in [-0.25, -0.2) is 0 Å². The summed E-state index contributed by atoms with van der Waals surface area (Å²) in [4.78, 5) is 52.2. The van der Waals surface area contributed by atoms with Crippen LogP contribution in [0.1, 0.15) is 37.7 Å². The number of likely N-dealkylation sites (N-methyl/N-ethyl adjacent to an activating group) is 2. The van der Waals surface area contributed by atoms with Gasteiger partial charge in [0.05, 0.1) is 12.1 Å². The van der Waals surface area contributed by atoms with Crippen molar-refractivity contribution in [3.05, 3.63) is 35.9 Å². The van der Waals surface area contributed by atoms with Crippen molar-refractivity contribution in [2.45, 2.75) is 56.7 Å². The second-order valence-electron chi connectivity index (χ2n) is 8.01. The molecule has 5 N–H and O–H groups in total. The number of nitrogens with zero attached hydrogens (tertiary/aromatic N) is 1. The second kappa shape index (κ2) is 12.9. The summed E-state index contributed by atoms with van der Waals surface area (Å²) >= 11 is 0. The summed E-state index contributed by atoms with van der Waals surface area (Å²) < 4.78 is 0. The number of hydrogen-bond acceptors (Lipinski definition) is 6. The molecule has 1 saturated heterocycles. The molecule has 2 rings (SSSR count). The molecular formula is C23H35N5O4. The molecule has 1 aliphatic rings. The van der Waals surface area contributed by atoms with Gasteiger partial charge in [0.15, 0.2) is 0 Å². The lowest BCUT2D eigenvalue weighted by atomic mass is 10.0. The zero-order valence-electron chi connectivity index (χ0n) is 18.9. The summed E-state index contributed by atoms with van der Waals surface area (Å²) in [6.45, 7) is 0.942. The lowest BCUT2D eigenvalue weighted by molar-refractivity contribution is -0.142. The van der Waals surface area contributed by atoms with E-state index in [1.54, 1.807) is 11.9 Å². The van der Waals surface area contributed by atoms with Crippen molar-refractivity contribution in [2.75, 3.05) is 27.2 Å². The van der Waals surface area contributed by atoms with Crippen LogP contribution in [-0.2, 0) is 25.6 Å². The van der Waals surface area contributed by atoms with E-state index in [4.69, 9.17) is 5.73 Å². The first-order chi connectivity index (χ1) is 15.4. The molecule has 0 aliphatic carbocycles. The van der Waals surface area contributed by atoms with Gasteiger partial charge in [0, 0.05) is 13.6 Å². The number of rotatable bonds is 12. The van der Waals surface area contributed by atoms with Crippen LogP contribution < -0.4 is 21.7 Å². The molecule has 1 aromatic carbocycles. The Morgan fingerprint density at radius 1 is 1.09 bits per heavy atom. The third-order valence-corrected chi connectivity index (χ3v) is 5.80. The van der Waals surface area contributed by atoms with E-state index in [1.165, 1.54) is 7.05 Å². The van der Waals surface area contributed by atoms with Crippen molar-refractivity contribution in [3.63, 3.8) is 0 Å². The Kier molecular flexibility index (Phi) is 10.3. The van der Waals surface area contributed by atoms with Crippen molar-refractivity contribution in [1.29, 1.82) is 0 Å². The van der Waals surface area contributed by atoms with E-state index in [1.807, 2.05) is 30.3 Å². The first kappa shape index (κ1) is 25.5. The van der Waals surface area contributed by atoms with E-state index in [9.17, 15) is 19.2 Å². The van der Waals surface area contributed by atoms with Gasteiger partial charge >= 0.3 is 0 Å². The highest BCUT2D eigenvalue weighted by Crippen LogP contribution is 2.20. The molecular weight excluding hydrogens is 410 g/mol. The minimum atomic E-state index is -0.934. The molecule has 9 heteroatoms. The Labute approximate surface area is 189 Å². The monoisotopic (exact) mass is 445 g/mol. The van der Waals surface area contributed by atoms with Crippen LogP contribution in [0, 0.1) is 0 Å². The molecule has 9 nitrogen and oxygen atoms in total. The van der Waals surface area contributed by atoms with Crippen molar-refractivity contribution in [3.8, 4) is 0 Å². The van der Waals surface area contributed by atoms with Crippen molar-refractivity contribution in [2.24, 2.45) is 5.73 Å². The van der Waals surface area contributed by atoms with Crippen molar-refractivity contribution in [1.82, 2.24) is 20.9 Å². The van der Waals surface area contributed by atoms with Crippen molar-refractivity contribution >= 4 is 23.5 Å². The number of ketones is 1. The highest BCUT2D eigenvalue weighted by molar-refractivity contribution is 6.38. The number of carbonyl (C=O) groups is 4. The van der Waals surface area contributed by atoms with E-state index in [2.05, 4.69) is 16.0 Å². The first-order valence-electron chi connectivity index (χ1n) is 11.2. The maximum atomic E-state index is 13.2. The summed E-state index contributed by atoms with van der Waals surface area (Å²) in [6.07, 6.45) is 3.35. The zero-order chi connectivity index (χ0) is 23.5. The Morgan fingerprint density at radius 2 is 1.81 bits per heavy atom. The van der Waals surface area contributed by atoms with Crippen LogP contribution in [0.3, 0.4) is 0 Å². The summed E-state index contributed by atoms with van der Waals surface area (Å²) in [5.41, 5.74) is 6.55. The SMILES string of the molecule is CNC(=O)C(=O)[C@H](CCCCN)NC(=O)[C@@H]1CCCN1C(=O)[C@H](Cc1ccccc1)NC. The number of unbranched alkanes of at least 4 members (excludes halogenated alkanes) is 1. The van der Waals surface area contributed by atoms with Gasteiger partial charge in [-0.2, -0.15) is 0 Å². The first-order valence-corrected chi connectivity index (χ1v) is 11.2. The van der Waals surface area contributed by atoms with Crippen LogP contribution in [0.15, 0.2) is 30.3 Å². The van der Waals surface area contributed by atoms with Gasteiger partial charge in [-0.05, 0) is 57.7 Å². The molecule has 0 unspecified atom stereocenters. The molecule has 0 radical (unpaired) electrons. The topological polar surface area (TPSA) is 134 Å². The van der Waals surface area contributed by atoms with Gasteiger partial charge in [0.25, 0.3) is 5.91 Å².